The Morgan fingerprint density at radius 1 is 1.23 bits per heavy atom. The van der Waals surface area contributed by atoms with E-state index in [9.17, 15) is 13.7 Å². The summed E-state index contributed by atoms with van der Waals surface area (Å²) in [6.45, 7) is 5.77. The fourth-order valence-corrected chi connectivity index (χ4v) is 4.82. The highest BCUT2D eigenvalue weighted by molar-refractivity contribution is 7.90. The number of rotatable bonds is 4. The molecule has 0 bridgehead atoms. The Morgan fingerprint density at radius 3 is 2.58 bits per heavy atom. The van der Waals surface area contributed by atoms with Gasteiger partial charge in [-0.05, 0) is 61.1 Å². The molecule has 130 valence electrons. The van der Waals surface area contributed by atoms with E-state index < -0.39 is 10.0 Å². The minimum Gasteiger partial charge on any atom is -0.241 e. The molecule has 1 fully saturated rings. The summed E-state index contributed by atoms with van der Waals surface area (Å²) in [6, 6.07) is 14.1. The lowest BCUT2D eigenvalue weighted by atomic mass is 10.1. The van der Waals surface area contributed by atoms with Gasteiger partial charge in [0.05, 0.1) is 22.0 Å². The third-order valence-corrected chi connectivity index (χ3v) is 6.74. The van der Waals surface area contributed by atoms with Gasteiger partial charge >= 0.3 is 0 Å². The van der Waals surface area contributed by atoms with E-state index in [1.807, 2.05) is 13.0 Å². The quantitative estimate of drug-likeness (QED) is 0.648. The molecule has 4 nitrogen and oxygen atoms in total. The minimum absolute atomic E-state index is 0.256. The molecule has 0 radical (unpaired) electrons. The number of benzene rings is 2. The molecule has 26 heavy (non-hydrogen) atoms. The Labute approximate surface area is 153 Å². The lowest BCUT2D eigenvalue weighted by Crippen LogP contribution is -2.11. The van der Waals surface area contributed by atoms with Crippen LogP contribution in [0.4, 0.5) is 0 Å². The zero-order chi connectivity index (χ0) is 18.5. The molecule has 5 heteroatoms. The molecule has 0 N–H and O–H groups in total. The Kier molecular flexibility index (Phi) is 3.74. The molecule has 0 aliphatic heterocycles. The number of nitrogens with zero attached hydrogens (tertiary/aromatic N) is 2. The molecule has 1 aliphatic rings. The maximum absolute atomic E-state index is 13.2. The van der Waals surface area contributed by atoms with Gasteiger partial charge in [0.2, 0.25) is 0 Å². The van der Waals surface area contributed by atoms with Crippen molar-refractivity contribution in [2.75, 3.05) is 0 Å². The SMILES string of the molecule is C=CC1CC1c1cn(S(=O)(=O)c2ccc(C)cc2)c2ccc(C#N)cc12. The molecule has 0 saturated heterocycles. The summed E-state index contributed by atoms with van der Waals surface area (Å²) < 4.78 is 27.7. The van der Waals surface area contributed by atoms with E-state index in [4.69, 9.17) is 0 Å². The third-order valence-electron chi connectivity index (χ3n) is 5.05. The van der Waals surface area contributed by atoms with E-state index in [0.29, 0.717) is 17.0 Å². The van der Waals surface area contributed by atoms with Crippen molar-refractivity contribution in [3.05, 3.63) is 78.0 Å². The summed E-state index contributed by atoms with van der Waals surface area (Å²) >= 11 is 0. The van der Waals surface area contributed by atoms with Gasteiger partial charge in [-0.3, -0.25) is 0 Å². The van der Waals surface area contributed by atoms with E-state index >= 15 is 0 Å². The summed E-state index contributed by atoms with van der Waals surface area (Å²) in [7, 11) is -3.70. The van der Waals surface area contributed by atoms with E-state index in [2.05, 4.69) is 12.6 Å². The Bertz CT molecular complexity index is 1170. The molecule has 0 spiro atoms. The monoisotopic (exact) mass is 362 g/mol. The molecule has 1 saturated carbocycles. The lowest BCUT2D eigenvalue weighted by Gasteiger charge is -2.08. The van der Waals surface area contributed by atoms with Crippen molar-refractivity contribution in [2.45, 2.75) is 24.2 Å². The van der Waals surface area contributed by atoms with Gasteiger partial charge in [0.25, 0.3) is 10.0 Å². The number of hydrogen-bond acceptors (Lipinski definition) is 3. The second-order valence-corrected chi connectivity index (χ2v) is 8.60. The number of allylic oxidation sites excluding steroid dienone is 1. The van der Waals surface area contributed by atoms with E-state index in [-0.39, 0.29) is 10.8 Å². The molecular formula is C21H18N2O2S. The molecular weight excluding hydrogens is 344 g/mol. The van der Waals surface area contributed by atoms with Crippen molar-refractivity contribution in [1.82, 2.24) is 3.97 Å². The maximum Gasteiger partial charge on any atom is 0.268 e. The van der Waals surface area contributed by atoms with Crippen LogP contribution in [0.5, 0.6) is 0 Å². The average Bonchev–Trinajstić information content (AvgIpc) is 3.33. The summed E-state index contributed by atoms with van der Waals surface area (Å²) in [5.41, 5.74) is 3.11. The van der Waals surface area contributed by atoms with Gasteiger partial charge < -0.3 is 0 Å². The van der Waals surface area contributed by atoms with Crippen molar-refractivity contribution in [1.29, 1.82) is 5.26 Å². The van der Waals surface area contributed by atoms with Gasteiger partial charge in [0, 0.05) is 11.6 Å². The summed E-state index contributed by atoms with van der Waals surface area (Å²) in [6.07, 6.45) is 4.59. The first-order valence-corrected chi connectivity index (χ1v) is 9.89. The molecule has 0 amide bonds. The Hall–Kier alpha value is -2.84. The molecule has 1 aliphatic carbocycles. The van der Waals surface area contributed by atoms with Crippen LogP contribution in [0.1, 0.15) is 29.0 Å². The van der Waals surface area contributed by atoms with E-state index in [0.717, 1.165) is 22.9 Å². The summed E-state index contributed by atoms with van der Waals surface area (Å²) in [4.78, 5) is 0.256. The van der Waals surface area contributed by atoms with Crippen LogP contribution >= 0.6 is 0 Å². The van der Waals surface area contributed by atoms with Crippen LogP contribution in [0.15, 0.2) is 66.2 Å². The molecule has 2 atom stereocenters. The first kappa shape index (κ1) is 16.6. The topological polar surface area (TPSA) is 62.9 Å². The van der Waals surface area contributed by atoms with Gasteiger partial charge in [-0.1, -0.05) is 23.8 Å². The zero-order valence-electron chi connectivity index (χ0n) is 14.4. The van der Waals surface area contributed by atoms with Crippen LogP contribution in [0.25, 0.3) is 10.9 Å². The second-order valence-electron chi connectivity index (χ2n) is 6.78. The maximum atomic E-state index is 13.2. The highest BCUT2D eigenvalue weighted by atomic mass is 32.2. The van der Waals surface area contributed by atoms with Crippen LogP contribution in [0, 0.1) is 24.2 Å². The molecule has 2 aromatic carbocycles. The predicted molar refractivity (Wildman–Crippen MR) is 101 cm³/mol. The van der Waals surface area contributed by atoms with Crippen LogP contribution in [-0.2, 0) is 10.0 Å². The van der Waals surface area contributed by atoms with Crippen molar-refractivity contribution in [3.63, 3.8) is 0 Å². The van der Waals surface area contributed by atoms with E-state index in [1.54, 1.807) is 48.7 Å². The lowest BCUT2D eigenvalue weighted by molar-refractivity contribution is 0.589. The van der Waals surface area contributed by atoms with Crippen LogP contribution in [0.2, 0.25) is 0 Å². The first-order chi connectivity index (χ1) is 12.5. The zero-order valence-corrected chi connectivity index (χ0v) is 15.2. The van der Waals surface area contributed by atoms with Crippen molar-refractivity contribution >= 4 is 20.9 Å². The summed E-state index contributed by atoms with van der Waals surface area (Å²) in [5, 5.41) is 10.0. The van der Waals surface area contributed by atoms with Gasteiger partial charge in [0.15, 0.2) is 0 Å². The largest absolute Gasteiger partial charge is 0.268 e. The van der Waals surface area contributed by atoms with Crippen molar-refractivity contribution < 1.29 is 8.42 Å². The highest BCUT2D eigenvalue weighted by Crippen LogP contribution is 2.50. The molecule has 2 unspecified atom stereocenters. The molecule has 3 aromatic rings. The normalized spacial score (nSPS) is 19.2. The van der Waals surface area contributed by atoms with Gasteiger partial charge in [-0.25, -0.2) is 12.4 Å². The average molecular weight is 362 g/mol. The standard InChI is InChI=1S/C21H18N2O2S/c1-3-16-11-18(16)20-13-23(21-9-6-15(12-22)10-19(20)21)26(24,25)17-7-4-14(2)5-8-17/h3-10,13,16,18H,1,11H2,2H3. The first-order valence-electron chi connectivity index (χ1n) is 8.45. The number of nitriles is 1. The highest BCUT2D eigenvalue weighted by Gasteiger charge is 2.38. The van der Waals surface area contributed by atoms with Gasteiger partial charge in [0.1, 0.15) is 0 Å². The Balaban J connectivity index is 1.94. The van der Waals surface area contributed by atoms with Gasteiger partial charge in [-0.2, -0.15) is 5.26 Å². The van der Waals surface area contributed by atoms with Crippen molar-refractivity contribution in [2.24, 2.45) is 5.92 Å². The minimum atomic E-state index is -3.70. The van der Waals surface area contributed by atoms with Crippen molar-refractivity contribution in [3.8, 4) is 6.07 Å². The molecule has 1 aromatic heterocycles. The third kappa shape index (κ3) is 2.54. The smallest absolute Gasteiger partial charge is 0.241 e. The Morgan fingerprint density at radius 2 is 1.96 bits per heavy atom. The fraction of sp³-hybridized carbons (Fsp3) is 0.190. The van der Waals surface area contributed by atoms with E-state index in [1.165, 1.54) is 3.97 Å². The fourth-order valence-electron chi connectivity index (χ4n) is 3.45. The van der Waals surface area contributed by atoms with Crippen LogP contribution in [-0.4, -0.2) is 12.4 Å². The number of fused-ring (bicyclic) bond motifs is 1. The van der Waals surface area contributed by atoms with Crippen LogP contribution in [0.3, 0.4) is 0 Å². The number of aromatic nitrogens is 1. The van der Waals surface area contributed by atoms with Gasteiger partial charge in [-0.15, -0.1) is 6.58 Å². The predicted octanol–water partition coefficient (Wildman–Crippen LogP) is 4.35. The number of aryl methyl sites for hydroxylation is 1. The second kappa shape index (κ2) is 5.86. The number of hydrogen-bond donors (Lipinski definition) is 0. The molecule has 1 heterocycles. The molecule has 4 rings (SSSR count). The summed E-state index contributed by atoms with van der Waals surface area (Å²) in [5.74, 6) is 0.625. The van der Waals surface area contributed by atoms with Crippen LogP contribution < -0.4 is 0 Å².